The molecule has 0 saturated heterocycles. The van der Waals surface area contributed by atoms with Crippen LogP contribution >= 0.6 is 11.3 Å². The summed E-state index contributed by atoms with van der Waals surface area (Å²) in [7, 11) is 0. The minimum absolute atomic E-state index is 0.110. The van der Waals surface area contributed by atoms with Gasteiger partial charge in [-0.3, -0.25) is 4.79 Å². The highest BCUT2D eigenvalue weighted by Gasteiger charge is 2.35. The number of rotatable bonds is 2. The van der Waals surface area contributed by atoms with E-state index in [4.69, 9.17) is 5.73 Å². The van der Waals surface area contributed by atoms with Gasteiger partial charge in [-0.05, 0) is 25.0 Å². The lowest BCUT2D eigenvalue weighted by molar-refractivity contribution is -0.113. The predicted octanol–water partition coefficient (Wildman–Crippen LogP) is 2.75. The van der Waals surface area contributed by atoms with Crippen LogP contribution in [0.15, 0.2) is 30.1 Å². The van der Waals surface area contributed by atoms with E-state index < -0.39 is 0 Å². The van der Waals surface area contributed by atoms with Gasteiger partial charge in [-0.2, -0.15) is 0 Å². The number of para-hydroxylation sites is 1. The number of aromatic nitrogens is 1. The number of fused-ring (bicyclic) bond motifs is 1. The molecule has 5 heteroatoms. The summed E-state index contributed by atoms with van der Waals surface area (Å²) in [5.41, 5.74) is 7.86. The summed E-state index contributed by atoms with van der Waals surface area (Å²) in [6, 6.07) is 8.39. The van der Waals surface area contributed by atoms with Crippen molar-refractivity contribution in [2.75, 3.05) is 6.54 Å². The van der Waals surface area contributed by atoms with Crippen molar-refractivity contribution in [3.63, 3.8) is 0 Å². The highest BCUT2D eigenvalue weighted by atomic mass is 32.1. The lowest BCUT2D eigenvalue weighted by Crippen LogP contribution is -2.34. The van der Waals surface area contributed by atoms with Gasteiger partial charge in [0.15, 0.2) is 5.78 Å². The minimum Gasteiger partial charge on any atom is -0.385 e. The first-order chi connectivity index (χ1) is 10.2. The maximum Gasteiger partial charge on any atom is 0.188 e. The van der Waals surface area contributed by atoms with Gasteiger partial charge in [0.1, 0.15) is 10.8 Å². The average molecular weight is 299 g/mol. The molecule has 0 amide bonds. The Morgan fingerprint density at radius 1 is 1.24 bits per heavy atom. The van der Waals surface area contributed by atoms with Crippen molar-refractivity contribution >= 4 is 32.9 Å². The first-order valence-corrected chi connectivity index (χ1v) is 8.21. The summed E-state index contributed by atoms with van der Waals surface area (Å²) in [4.78, 5) is 19.1. The van der Waals surface area contributed by atoms with Crippen LogP contribution in [0.2, 0.25) is 0 Å². The van der Waals surface area contributed by atoms with E-state index in [1.54, 1.807) is 11.3 Å². The normalized spacial score (nSPS) is 20.2. The van der Waals surface area contributed by atoms with Gasteiger partial charge >= 0.3 is 0 Å². The SMILES string of the molecule is NC1=C(c2nc3ccccc3s2)C(=O)CN1C1CCCC1. The van der Waals surface area contributed by atoms with Crippen LogP contribution < -0.4 is 5.73 Å². The number of carbonyl (C=O) groups is 1. The quantitative estimate of drug-likeness (QED) is 0.926. The topological polar surface area (TPSA) is 59.2 Å². The van der Waals surface area contributed by atoms with Crippen molar-refractivity contribution in [2.24, 2.45) is 5.73 Å². The number of thiazole rings is 1. The molecule has 1 fully saturated rings. The molecule has 108 valence electrons. The van der Waals surface area contributed by atoms with E-state index in [1.165, 1.54) is 12.8 Å². The third-order valence-electron chi connectivity index (χ3n) is 4.43. The fraction of sp³-hybridized carbons (Fsp3) is 0.375. The van der Waals surface area contributed by atoms with Crippen LogP contribution in [0.5, 0.6) is 0 Å². The Kier molecular flexibility index (Phi) is 2.96. The predicted molar refractivity (Wildman–Crippen MR) is 84.7 cm³/mol. The van der Waals surface area contributed by atoms with Gasteiger partial charge in [0.05, 0.1) is 22.3 Å². The zero-order chi connectivity index (χ0) is 14.4. The smallest absolute Gasteiger partial charge is 0.188 e. The fourth-order valence-corrected chi connectivity index (χ4v) is 4.39. The summed E-state index contributed by atoms with van der Waals surface area (Å²) in [6.07, 6.45) is 4.75. The first kappa shape index (κ1) is 12.8. The first-order valence-electron chi connectivity index (χ1n) is 7.39. The molecule has 0 atom stereocenters. The molecule has 0 radical (unpaired) electrons. The Labute approximate surface area is 127 Å². The number of Topliss-reactive ketones (excluding diaryl/α,β-unsaturated/α-hetero) is 1. The second-order valence-electron chi connectivity index (χ2n) is 5.74. The molecule has 0 unspecified atom stereocenters. The summed E-state index contributed by atoms with van der Waals surface area (Å²) >= 11 is 1.55. The van der Waals surface area contributed by atoms with Crippen LogP contribution in [-0.2, 0) is 4.79 Å². The van der Waals surface area contributed by atoms with Crippen molar-refractivity contribution in [3.05, 3.63) is 35.1 Å². The van der Waals surface area contributed by atoms with Crippen molar-refractivity contribution in [1.29, 1.82) is 0 Å². The van der Waals surface area contributed by atoms with Crippen LogP contribution in [0.4, 0.5) is 0 Å². The third kappa shape index (κ3) is 2.03. The van der Waals surface area contributed by atoms with Gasteiger partial charge in [0, 0.05) is 6.04 Å². The monoisotopic (exact) mass is 299 g/mol. The van der Waals surface area contributed by atoms with Crippen LogP contribution in [0, 0.1) is 0 Å². The fourth-order valence-electron chi connectivity index (χ4n) is 3.36. The number of carbonyl (C=O) groups excluding carboxylic acids is 1. The molecule has 4 rings (SSSR count). The molecule has 21 heavy (non-hydrogen) atoms. The van der Waals surface area contributed by atoms with E-state index in [2.05, 4.69) is 9.88 Å². The van der Waals surface area contributed by atoms with Gasteiger partial charge in [-0.15, -0.1) is 11.3 Å². The zero-order valence-electron chi connectivity index (χ0n) is 11.7. The Morgan fingerprint density at radius 2 is 2.00 bits per heavy atom. The number of hydrogen-bond acceptors (Lipinski definition) is 5. The van der Waals surface area contributed by atoms with Crippen LogP contribution in [0.1, 0.15) is 30.7 Å². The number of nitrogens with zero attached hydrogens (tertiary/aromatic N) is 2. The average Bonchev–Trinajstić information content (AvgIpc) is 3.17. The minimum atomic E-state index is 0.110. The van der Waals surface area contributed by atoms with Crippen molar-refractivity contribution in [3.8, 4) is 0 Å². The highest BCUT2D eigenvalue weighted by molar-refractivity contribution is 7.19. The van der Waals surface area contributed by atoms with Crippen molar-refractivity contribution in [2.45, 2.75) is 31.7 Å². The van der Waals surface area contributed by atoms with Gasteiger partial charge < -0.3 is 10.6 Å². The largest absolute Gasteiger partial charge is 0.385 e. The van der Waals surface area contributed by atoms with Crippen LogP contribution in [-0.4, -0.2) is 28.3 Å². The van der Waals surface area contributed by atoms with Gasteiger partial charge in [-0.25, -0.2) is 4.98 Å². The van der Waals surface area contributed by atoms with Crippen LogP contribution in [0.25, 0.3) is 15.8 Å². The molecule has 0 bridgehead atoms. The van der Waals surface area contributed by atoms with Gasteiger partial charge in [0.2, 0.25) is 0 Å². The lowest BCUT2D eigenvalue weighted by atomic mass is 10.2. The maximum absolute atomic E-state index is 12.4. The molecule has 2 aromatic rings. The molecule has 2 aliphatic rings. The standard InChI is InChI=1S/C16H17N3OS/c17-15-14(12(20)9-19(15)10-5-1-2-6-10)16-18-11-7-3-4-8-13(11)21-16/h3-4,7-8,10H,1-2,5-6,9,17H2. The van der Waals surface area contributed by atoms with Crippen molar-refractivity contribution < 1.29 is 4.79 Å². The van der Waals surface area contributed by atoms with E-state index in [0.29, 0.717) is 24.0 Å². The highest BCUT2D eigenvalue weighted by Crippen LogP contribution is 2.35. The molecular formula is C16H17N3OS. The summed E-state index contributed by atoms with van der Waals surface area (Å²) < 4.78 is 1.10. The molecule has 1 aromatic carbocycles. The Balaban J connectivity index is 1.76. The zero-order valence-corrected chi connectivity index (χ0v) is 12.5. The van der Waals surface area contributed by atoms with E-state index in [9.17, 15) is 4.79 Å². The molecule has 1 saturated carbocycles. The lowest BCUT2D eigenvalue weighted by Gasteiger charge is -2.25. The molecule has 1 aliphatic carbocycles. The van der Waals surface area contributed by atoms with E-state index in [-0.39, 0.29) is 5.78 Å². The van der Waals surface area contributed by atoms with E-state index >= 15 is 0 Å². The number of nitrogens with two attached hydrogens (primary N) is 1. The summed E-state index contributed by atoms with van der Waals surface area (Å²) in [5, 5.41) is 0.763. The van der Waals surface area contributed by atoms with Gasteiger partial charge in [0.25, 0.3) is 0 Å². The van der Waals surface area contributed by atoms with E-state index in [0.717, 1.165) is 28.1 Å². The summed E-state index contributed by atoms with van der Waals surface area (Å²) in [6.45, 7) is 0.418. The molecule has 2 heterocycles. The number of hydrogen-bond donors (Lipinski definition) is 1. The Bertz CT molecular complexity index is 710. The molecule has 1 aliphatic heterocycles. The second-order valence-corrected chi connectivity index (χ2v) is 6.77. The van der Waals surface area contributed by atoms with E-state index in [1.807, 2.05) is 24.3 Å². The molecule has 1 aromatic heterocycles. The Hall–Kier alpha value is -1.88. The molecule has 4 nitrogen and oxygen atoms in total. The molecular weight excluding hydrogens is 282 g/mol. The van der Waals surface area contributed by atoms with Gasteiger partial charge in [-0.1, -0.05) is 25.0 Å². The van der Waals surface area contributed by atoms with Crippen LogP contribution in [0.3, 0.4) is 0 Å². The van der Waals surface area contributed by atoms with Crippen molar-refractivity contribution in [1.82, 2.24) is 9.88 Å². The number of ketones is 1. The number of benzene rings is 1. The molecule has 2 N–H and O–H groups in total. The maximum atomic E-state index is 12.4. The second kappa shape index (κ2) is 4.84. The molecule has 0 spiro atoms. The summed E-state index contributed by atoms with van der Waals surface area (Å²) in [5.74, 6) is 0.740. The Morgan fingerprint density at radius 3 is 2.76 bits per heavy atom. The third-order valence-corrected chi connectivity index (χ3v) is 5.49.